The van der Waals surface area contributed by atoms with E-state index < -0.39 is 0 Å². The number of rotatable bonds is 4. The molecule has 16 heavy (non-hydrogen) atoms. The Labute approximate surface area is 97.1 Å². The third kappa shape index (κ3) is 4.21. The highest BCUT2D eigenvalue weighted by Crippen LogP contribution is 2.13. The first kappa shape index (κ1) is 13.0. The lowest BCUT2D eigenvalue weighted by Crippen LogP contribution is -2.40. The van der Waals surface area contributed by atoms with Crippen molar-refractivity contribution in [1.82, 2.24) is 4.90 Å². The summed E-state index contributed by atoms with van der Waals surface area (Å²) in [5.74, 6) is 5.13. The second kappa shape index (κ2) is 7.26. The molecule has 1 saturated heterocycles. The van der Waals surface area contributed by atoms with Crippen LogP contribution in [-0.2, 0) is 9.53 Å². The normalized spacial score (nSPS) is 16.8. The summed E-state index contributed by atoms with van der Waals surface area (Å²) in [6.07, 6.45) is 2.99. The first-order valence-corrected chi connectivity index (χ1v) is 5.81. The number of nitrogens with zero attached hydrogens (tertiary/aromatic N) is 1. The van der Waals surface area contributed by atoms with Gasteiger partial charge in [0.2, 0.25) is 0 Å². The standard InChI is InChI=1S/C12H20N2O2/c1-2-4-12(15)14-8-5-11(6-9-14)16-10-3-7-13/h11H,3,5-10,13H2,1H3. The van der Waals surface area contributed by atoms with E-state index >= 15 is 0 Å². The van der Waals surface area contributed by atoms with Crippen LogP contribution < -0.4 is 5.73 Å². The second-order valence-corrected chi connectivity index (χ2v) is 3.88. The average Bonchev–Trinajstić information content (AvgIpc) is 2.30. The predicted octanol–water partition coefficient (Wildman–Crippen LogP) is 0.366. The number of carbonyl (C=O) groups is 1. The van der Waals surface area contributed by atoms with Gasteiger partial charge in [-0.3, -0.25) is 4.79 Å². The Morgan fingerprint density at radius 3 is 2.75 bits per heavy atom. The number of hydrogen-bond donors (Lipinski definition) is 1. The lowest BCUT2D eigenvalue weighted by molar-refractivity contribution is -0.127. The van der Waals surface area contributed by atoms with Gasteiger partial charge in [0.25, 0.3) is 5.91 Å². The minimum Gasteiger partial charge on any atom is -0.378 e. The Bertz CT molecular complexity index is 272. The number of ether oxygens (including phenoxy) is 1. The summed E-state index contributed by atoms with van der Waals surface area (Å²) >= 11 is 0. The summed E-state index contributed by atoms with van der Waals surface area (Å²) in [6.45, 7) is 4.58. The van der Waals surface area contributed by atoms with Crippen molar-refractivity contribution in [2.45, 2.75) is 32.3 Å². The van der Waals surface area contributed by atoms with Crippen LogP contribution in [0.4, 0.5) is 0 Å². The van der Waals surface area contributed by atoms with Gasteiger partial charge in [-0.25, -0.2) is 0 Å². The van der Waals surface area contributed by atoms with E-state index in [0.717, 1.165) is 39.0 Å². The Morgan fingerprint density at radius 2 is 2.19 bits per heavy atom. The number of hydrogen-bond acceptors (Lipinski definition) is 3. The van der Waals surface area contributed by atoms with Crippen LogP contribution in [0.3, 0.4) is 0 Å². The third-order valence-corrected chi connectivity index (χ3v) is 2.66. The summed E-state index contributed by atoms with van der Waals surface area (Å²) in [4.78, 5) is 13.3. The van der Waals surface area contributed by atoms with Crippen LogP contribution in [0.25, 0.3) is 0 Å². The molecule has 1 aliphatic rings. The molecule has 1 heterocycles. The Balaban J connectivity index is 2.22. The van der Waals surface area contributed by atoms with E-state index in [0.29, 0.717) is 6.54 Å². The molecule has 0 aromatic carbocycles. The molecule has 0 bridgehead atoms. The van der Waals surface area contributed by atoms with Gasteiger partial charge < -0.3 is 15.4 Å². The van der Waals surface area contributed by atoms with Crippen LogP contribution in [0.5, 0.6) is 0 Å². The minimum atomic E-state index is -0.0668. The Hall–Kier alpha value is -1.05. The third-order valence-electron chi connectivity index (χ3n) is 2.66. The number of amides is 1. The fraction of sp³-hybridized carbons (Fsp3) is 0.750. The van der Waals surface area contributed by atoms with Crippen LogP contribution >= 0.6 is 0 Å². The molecule has 1 amide bonds. The molecule has 2 N–H and O–H groups in total. The number of nitrogens with two attached hydrogens (primary N) is 1. The van der Waals surface area contributed by atoms with Gasteiger partial charge in [-0.15, -0.1) is 0 Å². The zero-order chi connectivity index (χ0) is 11.8. The van der Waals surface area contributed by atoms with E-state index in [1.165, 1.54) is 0 Å². The molecule has 0 spiro atoms. The van der Waals surface area contributed by atoms with Gasteiger partial charge >= 0.3 is 0 Å². The second-order valence-electron chi connectivity index (χ2n) is 3.88. The maximum Gasteiger partial charge on any atom is 0.298 e. The summed E-state index contributed by atoms with van der Waals surface area (Å²) in [5.41, 5.74) is 5.39. The van der Waals surface area contributed by atoms with Gasteiger partial charge in [0, 0.05) is 19.7 Å². The van der Waals surface area contributed by atoms with Gasteiger partial charge in [0.05, 0.1) is 6.10 Å². The van der Waals surface area contributed by atoms with Gasteiger partial charge in [-0.2, -0.15) is 0 Å². The van der Waals surface area contributed by atoms with Crippen LogP contribution in [0, 0.1) is 11.8 Å². The topological polar surface area (TPSA) is 55.6 Å². The zero-order valence-electron chi connectivity index (χ0n) is 9.87. The highest BCUT2D eigenvalue weighted by Gasteiger charge is 2.21. The molecule has 0 radical (unpaired) electrons. The van der Waals surface area contributed by atoms with Gasteiger partial charge in [0.15, 0.2) is 0 Å². The monoisotopic (exact) mass is 224 g/mol. The van der Waals surface area contributed by atoms with E-state index in [2.05, 4.69) is 11.8 Å². The Kier molecular flexibility index (Phi) is 5.91. The summed E-state index contributed by atoms with van der Waals surface area (Å²) < 4.78 is 5.66. The number of piperidine rings is 1. The molecule has 0 atom stereocenters. The van der Waals surface area contributed by atoms with Crippen molar-refractivity contribution in [1.29, 1.82) is 0 Å². The van der Waals surface area contributed by atoms with Crippen molar-refractivity contribution >= 4 is 5.91 Å². The van der Waals surface area contributed by atoms with Gasteiger partial charge in [0.1, 0.15) is 0 Å². The highest BCUT2D eigenvalue weighted by molar-refractivity contribution is 5.93. The molecule has 90 valence electrons. The molecule has 1 fully saturated rings. The molecule has 0 saturated carbocycles. The maximum atomic E-state index is 11.5. The SMILES string of the molecule is CC#CC(=O)N1CCC(OCCCN)CC1. The molecule has 4 heteroatoms. The molecular weight excluding hydrogens is 204 g/mol. The summed E-state index contributed by atoms with van der Waals surface area (Å²) in [6, 6.07) is 0. The lowest BCUT2D eigenvalue weighted by Gasteiger charge is -2.30. The van der Waals surface area contributed by atoms with Crippen molar-refractivity contribution in [3.8, 4) is 11.8 Å². The van der Waals surface area contributed by atoms with Crippen LogP contribution in [0.1, 0.15) is 26.2 Å². The molecule has 1 rings (SSSR count). The van der Waals surface area contributed by atoms with E-state index in [1.54, 1.807) is 11.8 Å². The summed E-state index contributed by atoms with van der Waals surface area (Å²) in [5, 5.41) is 0. The van der Waals surface area contributed by atoms with E-state index in [-0.39, 0.29) is 12.0 Å². The molecule has 1 aliphatic heterocycles. The van der Waals surface area contributed by atoms with E-state index in [4.69, 9.17) is 10.5 Å². The quantitative estimate of drug-likeness (QED) is 0.554. The first-order chi connectivity index (χ1) is 7.77. The fourth-order valence-electron chi connectivity index (χ4n) is 1.74. The van der Waals surface area contributed by atoms with Crippen molar-refractivity contribution in [2.24, 2.45) is 5.73 Å². The van der Waals surface area contributed by atoms with Crippen LogP contribution in [0.15, 0.2) is 0 Å². The molecule has 0 aliphatic carbocycles. The fourth-order valence-corrected chi connectivity index (χ4v) is 1.74. The molecule has 0 aromatic rings. The zero-order valence-corrected chi connectivity index (χ0v) is 9.87. The molecule has 4 nitrogen and oxygen atoms in total. The van der Waals surface area contributed by atoms with Gasteiger partial charge in [-0.1, -0.05) is 5.92 Å². The maximum absolute atomic E-state index is 11.5. The summed E-state index contributed by atoms with van der Waals surface area (Å²) in [7, 11) is 0. The Morgan fingerprint density at radius 1 is 1.50 bits per heavy atom. The van der Waals surface area contributed by atoms with Crippen molar-refractivity contribution in [2.75, 3.05) is 26.2 Å². The van der Waals surface area contributed by atoms with Crippen LogP contribution in [0.2, 0.25) is 0 Å². The molecule has 0 aromatic heterocycles. The number of carbonyl (C=O) groups excluding carboxylic acids is 1. The molecular formula is C12H20N2O2. The minimum absolute atomic E-state index is 0.0668. The van der Waals surface area contributed by atoms with Crippen molar-refractivity contribution < 1.29 is 9.53 Å². The van der Waals surface area contributed by atoms with Gasteiger partial charge in [-0.05, 0) is 38.7 Å². The van der Waals surface area contributed by atoms with Crippen LogP contribution in [-0.4, -0.2) is 43.2 Å². The average molecular weight is 224 g/mol. The smallest absolute Gasteiger partial charge is 0.298 e. The number of likely N-dealkylation sites (tertiary alicyclic amines) is 1. The van der Waals surface area contributed by atoms with Crippen molar-refractivity contribution in [3.05, 3.63) is 0 Å². The predicted molar refractivity (Wildman–Crippen MR) is 62.7 cm³/mol. The largest absolute Gasteiger partial charge is 0.378 e. The molecule has 0 unspecified atom stereocenters. The van der Waals surface area contributed by atoms with E-state index in [1.807, 2.05) is 0 Å². The van der Waals surface area contributed by atoms with Crippen molar-refractivity contribution in [3.63, 3.8) is 0 Å². The lowest BCUT2D eigenvalue weighted by atomic mass is 10.1. The highest BCUT2D eigenvalue weighted by atomic mass is 16.5. The van der Waals surface area contributed by atoms with E-state index in [9.17, 15) is 4.79 Å². The first-order valence-electron chi connectivity index (χ1n) is 5.81.